The molecule has 12 heteroatoms. The van der Waals surface area contributed by atoms with E-state index in [1.165, 1.54) is 20.0 Å². The molecule has 0 aliphatic carbocycles. The van der Waals surface area contributed by atoms with Crippen molar-refractivity contribution in [2.45, 2.75) is 57.8 Å². The number of aromatic nitrogens is 1. The van der Waals surface area contributed by atoms with E-state index in [2.05, 4.69) is 20.9 Å². The fourth-order valence-corrected chi connectivity index (χ4v) is 4.03. The van der Waals surface area contributed by atoms with Gasteiger partial charge in [-0.3, -0.25) is 19.2 Å². The molecule has 0 radical (unpaired) electrons. The zero-order valence-electron chi connectivity index (χ0n) is 21.8. The van der Waals surface area contributed by atoms with Crippen LogP contribution in [0.5, 0.6) is 0 Å². The summed E-state index contributed by atoms with van der Waals surface area (Å²) in [5.41, 5.74) is 1.47. The normalized spacial score (nSPS) is 17.7. The molecule has 3 rings (SSSR count). The molecular weight excluding hydrogens is 491 g/mol. The van der Waals surface area contributed by atoms with Gasteiger partial charge in [-0.2, -0.15) is 0 Å². The fraction of sp³-hybridized carbons (Fsp3) is 0.423. The van der Waals surface area contributed by atoms with Crippen LogP contribution in [0.3, 0.4) is 0 Å². The number of carbonyl (C=O) groups is 4. The van der Waals surface area contributed by atoms with E-state index in [-0.39, 0.29) is 18.0 Å². The highest BCUT2D eigenvalue weighted by atomic mass is 16.6. The number of aliphatic hydroxyl groups is 1. The number of pyridine rings is 1. The van der Waals surface area contributed by atoms with Gasteiger partial charge in [-0.25, -0.2) is 4.98 Å². The van der Waals surface area contributed by atoms with Crippen LogP contribution in [0.4, 0.5) is 0 Å². The first-order valence-electron chi connectivity index (χ1n) is 12.5. The molecule has 1 aliphatic rings. The summed E-state index contributed by atoms with van der Waals surface area (Å²) in [6, 6.07) is 12.9. The zero-order chi connectivity index (χ0) is 27.8. The number of hydrogen-bond donors (Lipinski definition) is 4. The molecule has 0 bridgehead atoms. The summed E-state index contributed by atoms with van der Waals surface area (Å²) in [6.07, 6.45) is -2.23. The molecule has 1 aliphatic heterocycles. The number of aliphatic hydroxyl groups excluding tert-OH is 1. The summed E-state index contributed by atoms with van der Waals surface area (Å²) in [5.74, 6) is -3.27. The largest absolute Gasteiger partial charge is 0.551 e. The zero-order valence-corrected chi connectivity index (χ0v) is 21.8. The average molecular weight is 524 g/mol. The smallest absolute Gasteiger partial charge is 0.508 e. The van der Waals surface area contributed by atoms with Gasteiger partial charge in [0.2, 0.25) is 11.8 Å². The van der Waals surface area contributed by atoms with E-state index in [0.717, 1.165) is 5.56 Å². The number of nitrogens with one attached hydrogen (secondary N) is 3. The molecule has 1 aromatic heterocycles. The molecular formula is C26H33BN4O7. The summed E-state index contributed by atoms with van der Waals surface area (Å²) in [5, 5.41) is 18.0. The molecule has 0 spiro atoms. The van der Waals surface area contributed by atoms with Gasteiger partial charge in [0.05, 0.1) is 24.2 Å². The topological polar surface area (TPSA) is 156 Å². The van der Waals surface area contributed by atoms with Crippen LogP contribution in [-0.4, -0.2) is 72.1 Å². The lowest BCUT2D eigenvalue weighted by Crippen LogP contribution is -2.61. The van der Waals surface area contributed by atoms with Gasteiger partial charge >= 0.3 is 7.12 Å². The van der Waals surface area contributed by atoms with Crippen LogP contribution < -0.4 is 16.0 Å². The Morgan fingerprint density at radius 1 is 1.08 bits per heavy atom. The van der Waals surface area contributed by atoms with E-state index in [1.54, 1.807) is 12.1 Å². The lowest BCUT2D eigenvalue weighted by Gasteiger charge is -2.32. The van der Waals surface area contributed by atoms with Crippen molar-refractivity contribution in [1.29, 1.82) is 0 Å². The number of benzene rings is 1. The molecule has 38 heavy (non-hydrogen) atoms. The second-order valence-corrected chi connectivity index (χ2v) is 9.51. The van der Waals surface area contributed by atoms with Crippen LogP contribution in [0.15, 0.2) is 48.5 Å². The Kier molecular flexibility index (Phi) is 9.97. The van der Waals surface area contributed by atoms with Gasteiger partial charge < -0.3 is 30.4 Å². The Hall–Kier alpha value is -3.77. The quantitative estimate of drug-likeness (QED) is 0.334. The molecule has 2 heterocycles. The van der Waals surface area contributed by atoms with Crippen LogP contribution in [0.1, 0.15) is 44.1 Å². The van der Waals surface area contributed by atoms with Gasteiger partial charge in [-0.15, -0.1) is 0 Å². The van der Waals surface area contributed by atoms with Crippen molar-refractivity contribution < 1.29 is 33.6 Å². The summed E-state index contributed by atoms with van der Waals surface area (Å²) in [6.45, 7) is 5.17. The predicted octanol–water partition coefficient (Wildman–Crippen LogP) is 0.864. The van der Waals surface area contributed by atoms with Crippen LogP contribution in [0, 0.1) is 5.92 Å². The first kappa shape index (κ1) is 28.8. The van der Waals surface area contributed by atoms with E-state index >= 15 is 0 Å². The third-order valence-electron chi connectivity index (χ3n) is 5.92. The third-order valence-corrected chi connectivity index (χ3v) is 5.92. The Labute approximate surface area is 221 Å². The predicted molar refractivity (Wildman–Crippen MR) is 139 cm³/mol. The maximum absolute atomic E-state index is 13.2. The fourth-order valence-electron chi connectivity index (χ4n) is 4.03. The molecule has 4 N–H and O–H groups in total. The van der Waals surface area contributed by atoms with Crippen molar-refractivity contribution in [3.8, 4) is 11.3 Å². The average Bonchev–Trinajstić information content (AvgIpc) is 2.90. The summed E-state index contributed by atoms with van der Waals surface area (Å²) in [7, 11) is 0.202. The van der Waals surface area contributed by atoms with Crippen molar-refractivity contribution in [3.05, 3.63) is 54.2 Å². The van der Waals surface area contributed by atoms with E-state index in [4.69, 9.17) is 9.31 Å². The molecule has 1 saturated heterocycles. The van der Waals surface area contributed by atoms with Crippen LogP contribution in [0.2, 0.25) is 0 Å². The highest BCUT2D eigenvalue weighted by Crippen LogP contribution is 2.19. The van der Waals surface area contributed by atoms with E-state index in [0.29, 0.717) is 12.1 Å². The number of nitrogens with zero attached hydrogens (tertiary/aromatic N) is 1. The van der Waals surface area contributed by atoms with Crippen molar-refractivity contribution in [3.63, 3.8) is 0 Å². The lowest BCUT2D eigenvalue weighted by atomic mass is 9.72. The van der Waals surface area contributed by atoms with Gasteiger partial charge in [0.1, 0.15) is 17.8 Å². The molecule has 3 amide bonds. The standard InChI is InChI=1S/C26H33BN4O7/c1-15(2)13-21(27-37-20(25(35)28-4)14-22(33)38-27)30-26(36)23(16(3)32)31-24(34)19-12-8-11-18(29-19)17-9-6-5-7-10-17/h5-12,15-16,20-21,23,32H,13-14H2,1-4H3,(H,28,35)(H,30,36)(H,31,34)/t16-,20?,21+,23+/m1/s1. The Morgan fingerprint density at radius 2 is 1.79 bits per heavy atom. The molecule has 0 saturated carbocycles. The van der Waals surface area contributed by atoms with Gasteiger partial charge in [0.25, 0.3) is 11.9 Å². The van der Waals surface area contributed by atoms with Gasteiger partial charge in [0, 0.05) is 12.6 Å². The van der Waals surface area contributed by atoms with Gasteiger partial charge in [-0.05, 0) is 31.4 Å². The second-order valence-electron chi connectivity index (χ2n) is 9.51. The van der Waals surface area contributed by atoms with Crippen molar-refractivity contribution in [1.82, 2.24) is 20.9 Å². The highest BCUT2D eigenvalue weighted by Gasteiger charge is 2.44. The summed E-state index contributed by atoms with van der Waals surface area (Å²) in [4.78, 5) is 54.9. The first-order valence-corrected chi connectivity index (χ1v) is 12.5. The molecule has 1 unspecified atom stereocenters. The molecule has 202 valence electrons. The second kappa shape index (κ2) is 13.2. The van der Waals surface area contributed by atoms with Crippen LogP contribution in [0.25, 0.3) is 11.3 Å². The number of hydrogen-bond acceptors (Lipinski definition) is 8. The minimum Gasteiger partial charge on any atom is -0.508 e. The van der Waals surface area contributed by atoms with Crippen molar-refractivity contribution in [2.75, 3.05) is 7.05 Å². The van der Waals surface area contributed by atoms with Crippen LogP contribution in [-0.2, 0) is 23.7 Å². The van der Waals surface area contributed by atoms with Crippen molar-refractivity contribution >= 4 is 30.8 Å². The maximum atomic E-state index is 13.2. The molecule has 2 aromatic rings. The van der Waals surface area contributed by atoms with E-state index in [1.807, 2.05) is 44.2 Å². The number of amides is 3. The lowest BCUT2D eigenvalue weighted by molar-refractivity contribution is -0.149. The minimum atomic E-state index is -1.34. The van der Waals surface area contributed by atoms with Crippen molar-refractivity contribution in [2.24, 2.45) is 5.92 Å². The van der Waals surface area contributed by atoms with Crippen LogP contribution >= 0.6 is 0 Å². The summed E-state index contributed by atoms with van der Waals surface area (Å²) < 4.78 is 11.0. The maximum Gasteiger partial charge on any atom is 0.551 e. The Balaban J connectivity index is 1.75. The molecule has 1 fully saturated rings. The Morgan fingerprint density at radius 3 is 2.42 bits per heavy atom. The van der Waals surface area contributed by atoms with E-state index < -0.39 is 55.0 Å². The van der Waals surface area contributed by atoms with Gasteiger partial charge in [-0.1, -0.05) is 50.2 Å². The summed E-state index contributed by atoms with van der Waals surface area (Å²) >= 11 is 0. The molecule has 4 atom stereocenters. The first-order chi connectivity index (χ1) is 18.1. The Bertz CT molecular complexity index is 1150. The highest BCUT2D eigenvalue weighted by molar-refractivity contribution is 6.50. The minimum absolute atomic E-state index is 0.0486. The molecule has 11 nitrogen and oxygen atoms in total. The van der Waals surface area contributed by atoms with E-state index in [9.17, 15) is 24.3 Å². The monoisotopic (exact) mass is 524 g/mol. The number of likely N-dealkylation sites (N-methyl/N-ethyl adjacent to an activating group) is 1. The number of carbonyl (C=O) groups excluding carboxylic acids is 4. The third kappa shape index (κ3) is 7.62. The van der Waals surface area contributed by atoms with Gasteiger partial charge in [0.15, 0.2) is 0 Å². The number of rotatable bonds is 10. The SMILES string of the molecule is CNC(=O)C1CC(=O)OB([C@H](CC(C)C)NC(=O)[C@@H](NC(=O)c2cccc(-c3ccccc3)n2)[C@@H](C)O)O1. The molecule has 1 aromatic carbocycles.